The second kappa shape index (κ2) is 5.73. The van der Waals surface area contributed by atoms with E-state index in [-0.39, 0.29) is 24.0 Å². The second-order valence-corrected chi connectivity index (χ2v) is 6.40. The van der Waals surface area contributed by atoms with Crippen LogP contribution in [0.1, 0.15) is 29.8 Å². The zero-order valence-corrected chi connectivity index (χ0v) is 13.4. The summed E-state index contributed by atoms with van der Waals surface area (Å²) < 4.78 is 46.4. The standard InChI is InChI=1S/C17H17F3N2O2/c1-16(2)10-22(7-8-24-16)15(23)12-9-21-13-6-4-3-5-11(13)14(12)17(18,19)20/h3-6,9H,7-8,10H2,1-2H3. The molecule has 1 aliphatic heterocycles. The van der Waals surface area contributed by atoms with Gasteiger partial charge in [-0.2, -0.15) is 13.2 Å². The Morgan fingerprint density at radius 1 is 1.29 bits per heavy atom. The molecule has 0 aliphatic carbocycles. The SMILES string of the molecule is CC1(C)CN(C(=O)c2cnc3ccccc3c2C(F)(F)F)CCO1. The first-order valence-electron chi connectivity index (χ1n) is 7.57. The Kier molecular flexibility index (Phi) is 3.99. The average Bonchev–Trinajstić information content (AvgIpc) is 2.51. The maximum absolute atomic E-state index is 13.6. The smallest absolute Gasteiger partial charge is 0.372 e. The summed E-state index contributed by atoms with van der Waals surface area (Å²) in [5.41, 5.74) is -1.72. The zero-order chi connectivity index (χ0) is 17.5. The minimum Gasteiger partial charge on any atom is -0.372 e. The molecule has 0 radical (unpaired) electrons. The highest BCUT2D eigenvalue weighted by molar-refractivity contribution is 6.00. The third kappa shape index (κ3) is 3.08. The number of benzene rings is 1. The molecule has 24 heavy (non-hydrogen) atoms. The number of morpholine rings is 1. The number of para-hydroxylation sites is 1. The number of alkyl halides is 3. The van der Waals surface area contributed by atoms with Crippen LogP contribution in [0.4, 0.5) is 13.2 Å². The summed E-state index contributed by atoms with van der Waals surface area (Å²) in [5, 5.41) is -0.0663. The van der Waals surface area contributed by atoms with Crippen molar-refractivity contribution >= 4 is 16.8 Å². The molecule has 1 aromatic carbocycles. The molecule has 2 heterocycles. The molecule has 1 aromatic heterocycles. The Morgan fingerprint density at radius 3 is 2.67 bits per heavy atom. The van der Waals surface area contributed by atoms with Gasteiger partial charge in [0.05, 0.1) is 28.9 Å². The number of carbonyl (C=O) groups is 1. The summed E-state index contributed by atoms with van der Waals surface area (Å²) >= 11 is 0. The molecule has 1 amide bonds. The van der Waals surface area contributed by atoms with Crippen molar-refractivity contribution in [2.45, 2.75) is 25.6 Å². The van der Waals surface area contributed by atoms with Crippen molar-refractivity contribution in [2.24, 2.45) is 0 Å². The molecule has 7 heteroatoms. The number of carbonyl (C=O) groups excluding carboxylic acids is 1. The lowest BCUT2D eigenvalue weighted by Crippen LogP contribution is -2.50. The minimum atomic E-state index is -4.64. The lowest BCUT2D eigenvalue weighted by Gasteiger charge is -2.38. The molecule has 0 spiro atoms. The van der Waals surface area contributed by atoms with Crippen molar-refractivity contribution in [1.29, 1.82) is 0 Å². The fraction of sp³-hybridized carbons (Fsp3) is 0.412. The Hall–Kier alpha value is -2.15. The summed E-state index contributed by atoms with van der Waals surface area (Å²) in [6.07, 6.45) is -3.62. The van der Waals surface area contributed by atoms with Crippen LogP contribution >= 0.6 is 0 Å². The van der Waals surface area contributed by atoms with E-state index >= 15 is 0 Å². The van der Waals surface area contributed by atoms with E-state index in [1.165, 1.54) is 23.1 Å². The van der Waals surface area contributed by atoms with Gasteiger partial charge in [0.1, 0.15) is 0 Å². The van der Waals surface area contributed by atoms with Gasteiger partial charge in [0.25, 0.3) is 5.91 Å². The summed E-state index contributed by atoms with van der Waals surface area (Å²) in [4.78, 5) is 18.2. The predicted octanol–water partition coefficient (Wildman–Crippen LogP) is 3.50. The van der Waals surface area contributed by atoms with Gasteiger partial charge in [-0.3, -0.25) is 9.78 Å². The fourth-order valence-corrected chi connectivity index (χ4v) is 2.97. The van der Waals surface area contributed by atoms with E-state index in [2.05, 4.69) is 4.98 Å². The van der Waals surface area contributed by atoms with Gasteiger partial charge < -0.3 is 9.64 Å². The molecule has 2 aromatic rings. The number of fused-ring (bicyclic) bond motifs is 1. The van der Waals surface area contributed by atoms with E-state index in [9.17, 15) is 18.0 Å². The predicted molar refractivity (Wildman–Crippen MR) is 82.7 cm³/mol. The van der Waals surface area contributed by atoms with Gasteiger partial charge in [-0.15, -0.1) is 0 Å². The number of hydrogen-bond donors (Lipinski definition) is 0. The topological polar surface area (TPSA) is 42.4 Å². The van der Waals surface area contributed by atoms with E-state index < -0.39 is 28.8 Å². The molecule has 1 aliphatic rings. The van der Waals surface area contributed by atoms with Gasteiger partial charge in [0.15, 0.2) is 0 Å². The van der Waals surface area contributed by atoms with E-state index in [0.29, 0.717) is 6.61 Å². The highest BCUT2D eigenvalue weighted by Crippen LogP contribution is 2.37. The van der Waals surface area contributed by atoms with Gasteiger partial charge >= 0.3 is 6.18 Å². The van der Waals surface area contributed by atoms with Crippen molar-refractivity contribution < 1.29 is 22.7 Å². The molecule has 1 saturated heterocycles. The number of amides is 1. The van der Waals surface area contributed by atoms with Crippen LogP contribution in [0.3, 0.4) is 0 Å². The number of aromatic nitrogens is 1. The van der Waals surface area contributed by atoms with Crippen LogP contribution in [-0.4, -0.2) is 41.1 Å². The highest BCUT2D eigenvalue weighted by atomic mass is 19.4. The van der Waals surface area contributed by atoms with Gasteiger partial charge in [-0.05, 0) is 19.9 Å². The summed E-state index contributed by atoms with van der Waals surface area (Å²) in [5.74, 6) is -0.669. The normalized spacial score (nSPS) is 18.0. The van der Waals surface area contributed by atoms with Crippen LogP contribution in [0.25, 0.3) is 10.9 Å². The van der Waals surface area contributed by atoms with E-state index in [4.69, 9.17) is 4.74 Å². The third-order valence-electron chi connectivity index (χ3n) is 4.00. The molecule has 1 fully saturated rings. The van der Waals surface area contributed by atoms with Crippen LogP contribution in [0.2, 0.25) is 0 Å². The maximum Gasteiger partial charge on any atom is 0.417 e. The van der Waals surface area contributed by atoms with Crippen LogP contribution in [-0.2, 0) is 10.9 Å². The first kappa shape index (κ1) is 16.7. The first-order valence-corrected chi connectivity index (χ1v) is 7.57. The van der Waals surface area contributed by atoms with Crippen molar-refractivity contribution in [2.75, 3.05) is 19.7 Å². The molecule has 0 bridgehead atoms. The zero-order valence-electron chi connectivity index (χ0n) is 13.4. The number of rotatable bonds is 1. The Balaban J connectivity index is 2.10. The Labute approximate surface area is 137 Å². The number of ether oxygens (including phenoxy) is 1. The molecule has 0 atom stereocenters. The average molecular weight is 338 g/mol. The number of hydrogen-bond acceptors (Lipinski definition) is 3. The molecule has 0 saturated carbocycles. The molecule has 3 rings (SSSR count). The second-order valence-electron chi connectivity index (χ2n) is 6.40. The van der Waals surface area contributed by atoms with E-state index in [1.54, 1.807) is 19.9 Å². The van der Waals surface area contributed by atoms with E-state index in [0.717, 1.165) is 6.20 Å². The van der Waals surface area contributed by atoms with Crippen LogP contribution < -0.4 is 0 Å². The molecular weight excluding hydrogens is 321 g/mol. The van der Waals surface area contributed by atoms with Gasteiger partial charge in [-0.1, -0.05) is 18.2 Å². The van der Waals surface area contributed by atoms with Gasteiger partial charge in [0.2, 0.25) is 0 Å². The molecule has 4 nitrogen and oxygen atoms in total. The quantitative estimate of drug-likeness (QED) is 0.799. The van der Waals surface area contributed by atoms with Crippen LogP contribution in [0.5, 0.6) is 0 Å². The summed E-state index contributed by atoms with van der Waals surface area (Å²) in [7, 11) is 0. The fourth-order valence-electron chi connectivity index (χ4n) is 2.97. The highest BCUT2D eigenvalue weighted by Gasteiger charge is 2.40. The Bertz CT molecular complexity index is 787. The lowest BCUT2D eigenvalue weighted by molar-refractivity contribution is -0.136. The minimum absolute atomic E-state index is 0.0663. The Morgan fingerprint density at radius 2 is 2.00 bits per heavy atom. The molecule has 0 N–H and O–H groups in total. The van der Waals surface area contributed by atoms with Crippen molar-refractivity contribution in [3.8, 4) is 0 Å². The summed E-state index contributed by atoms with van der Waals surface area (Å²) in [6, 6.07) is 5.95. The monoisotopic (exact) mass is 338 g/mol. The maximum atomic E-state index is 13.6. The van der Waals surface area contributed by atoms with Crippen LogP contribution in [0, 0.1) is 0 Å². The number of pyridine rings is 1. The van der Waals surface area contributed by atoms with E-state index in [1.807, 2.05) is 0 Å². The van der Waals surface area contributed by atoms with Gasteiger partial charge in [0, 0.05) is 24.7 Å². The molecule has 128 valence electrons. The number of nitrogens with zero attached hydrogens (tertiary/aromatic N) is 2. The van der Waals surface area contributed by atoms with Gasteiger partial charge in [-0.25, -0.2) is 0 Å². The number of halogens is 3. The van der Waals surface area contributed by atoms with Crippen LogP contribution in [0.15, 0.2) is 30.5 Å². The first-order chi connectivity index (χ1) is 11.2. The lowest BCUT2D eigenvalue weighted by atomic mass is 10.0. The third-order valence-corrected chi connectivity index (χ3v) is 4.00. The van der Waals surface area contributed by atoms with Crippen molar-refractivity contribution in [3.05, 3.63) is 41.6 Å². The van der Waals surface area contributed by atoms with Crippen molar-refractivity contribution in [1.82, 2.24) is 9.88 Å². The summed E-state index contributed by atoms with van der Waals surface area (Å²) in [6.45, 7) is 4.38. The molecular formula is C17H17F3N2O2. The van der Waals surface area contributed by atoms with Crippen molar-refractivity contribution in [3.63, 3.8) is 0 Å². The largest absolute Gasteiger partial charge is 0.417 e. The molecule has 0 unspecified atom stereocenters.